The zero-order valence-corrected chi connectivity index (χ0v) is 16.5. The molecule has 3 rings (SSSR count). The number of nitrogens with one attached hydrogen (secondary N) is 1. The van der Waals surface area contributed by atoms with Crippen LogP contribution in [-0.4, -0.2) is 58.6 Å². The highest BCUT2D eigenvalue weighted by molar-refractivity contribution is 6.30. The molecule has 1 aliphatic carbocycles. The average molecular weight is 394 g/mol. The minimum absolute atomic E-state index is 0.0145. The summed E-state index contributed by atoms with van der Waals surface area (Å²) >= 11 is 5.99. The highest BCUT2D eigenvalue weighted by Crippen LogP contribution is 2.32. The molecule has 1 saturated carbocycles. The number of nitrogens with zero attached hydrogens (tertiary/aromatic N) is 2. The maximum Gasteiger partial charge on any atom is 0.318 e. The van der Waals surface area contributed by atoms with E-state index < -0.39 is 5.97 Å². The zero-order chi connectivity index (χ0) is 19.4. The number of carboxylic acids is 1. The Morgan fingerprint density at radius 3 is 2.59 bits per heavy atom. The minimum Gasteiger partial charge on any atom is -0.480 e. The van der Waals surface area contributed by atoms with Crippen molar-refractivity contribution in [3.8, 4) is 0 Å². The number of carbonyl (C=O) groups excluding carboxylic acids is 1. The summed E-state index contributed by atoms with van der Waals surface area (Å²) in [6.07, 6.45) is 4.72. The summed E-state index contributed by atoms with van der Waals surface area (Å²) in [4.78, 5) is 27.7. The number of benzene rings is 1. The van der Waals surface area contributed by atoms with Gasteiger partial charge in [0.05, 0.1) is 12.6 Å². The second-order valence-corrected chi connectivity index (χ2v) is 7.92. The van der Waals surface area contributed by atoms with Gasteiger partial charge >= 0.3 is 12.0 Å². The van der Waals surface area contributed by atoms with Gasteiger partial charge in [-0.3, -0.25) is 9.69 Å². The lowest BCUT2D eigenvalue weighted by molar-refractivity contribution is -0.139. The van der Waals surface area contributed by atoms with Gasteiger partial charge in [-0.15, -0.1) is 0 Å². The number of carbonyl (C=O) groups is 2. The quantitative estimate of drug-likeness (QED) is 0.775. The van der Waals surface area contributed by atoms with Crippen LogP contribution in [0.15, 0.2) is 24.3 Å². The van der Waals surface area contributed by atoms with Crippen molar-refractivity contribution in [2.24, 2.45) is 0 Å². The van der Waals surface area contributed by atoms with Crippen molar-refractivity contribution in [1.82, 2.24) is 15.1 Å². The number of rotatable bonds is 6. The summed E-state index contributed by atoms with van der Waals surface area (Å²) < 4.78 is 0. The van der Waals surface area contributed by atoms with Crippen LogP contribution in [0.4, 0.5) is 4.79 Å². The average Bonchev–Trinajstić information content (AvgIpc) is 2.63. The largest absolute Gasteiger partial charge is 0.480 e. The Labute approximate surface area is 165 Å². The van der Waals surface area contributed by atoms with Gasteiger partial charge in [-0.05, 0) is 56.3 Å². The van der Waals surface area contributed by atoms with Crippen molar-refractivity contribution in [2.75, 3.05) is 19.6 Å². The summed E-state index contributed by atoms with van der Waals surface area (Å²) in [5.41, 5.74) is 1.12. The molecule has 1 unspecified atom stereocenters. The van der Waals surface area contributed by atoms with Gasteiger partial charge in [0.2, 0.25) is 0 Å². The third kappa shape index (κ3) is 4.93. The van der Waals surface area contributed by atoms with Gasteiger partial charge in [-0.1, -0.05) is 30.7 Å². The van der Waals surface area contributed by atoms with Crippen LogP contribution < -0.4 is 5.32 Å². The number of hydrogen-bond acceptors (Lipinski definition) is 3. The van der Waals surface area contributed by atoms with Crippen molar-refractivity contribution in [1.29, 1.82) is 0 Å². The Hall–Kier alpha value is -1.79. The van der Waals surface area contributed by atoms with E-state index in [0.717, 1.165) is 44.2 Å². The number of amides is 2. The van der Waals surface area contributed by atoms with Crippen LogP contribution in [0.5, 0.6) is 0 Å². The third-order valence-corrected chi connectivity index (χ3v) is 5.97. The van der Waals surface area contributed by atoms with Crippen molar-refractivity contribution in [2.45, 2.75) is 57.2 Å². The van der Waals surface area contributed by atoms with Crippen molar-refractivity contribution < 1.29 is 14.7 Å². The fourth-order valence-corrected chi connectivity index (χ4v) is 4.27. The summed E-state index contributed by atoms with van der Waals surface area (Å²) in [6, 6.07) is 8.19. The second-order valence-electron chi connectivity index (χ2n) is 7.49. The molecule has 0 bridgehead atoms. The van der Waals surface area contributed by atoms with Crippen LogP contribution >= 0.6 is 11.6 Å². The van der Waals surface area contributed by atoms with E-state index in [0.29, 0.717) is 11.6 Å². The number of carboxylic acid groups (broad SMARTS) is 1. The molecular formula is C20H28ClN3O3. The first-order valence-electron chi connectivity index (χ1n) is 9.76. The van der Waals surface area contributed by atoms with Crippen LogP contribution in [0.2, 0.25) is 5.02 Å². The first kappa shape index (κ1) is 20.0. The molecule has 1 aromatic carbocycles. The highest BCUT2D eigenvalue weighted by atomic mass is 35.5. The van der Waals surface area contributed by atoms with E-state index in [1.165, 1.54) is 0 Å². The van der Waals surface area contributed by atoms with E-state index in [1.54, 1.807) is 0 Å². The van der Waals surface area contributed by atoms with Crippen molar-refractivity contribution in [3.05, 3.63) is 34.9 Å². The number of likely N-dealkylation sites (N-methyl/N-ethyl adjacent to an activating group) is 1. The first-order chi connectivity index (χ1) is 13.0. The van der Waals surface area contributed by atoms with E-state index in [-0.39, 0.29) is 30.7 Å². The third-order valence-electron chi connectivity index (χ3n) is 5.72. The van der Waals surface area contributed by atoms with Crippen LogP contribution in [0.3, 0.4) is 0 Å². The van der Waals surface area contributed by atoms with Gasteiger partial charge in [0.15, 0.2) is 0 Å². The maximum atomic E-state index is 12.9. The summed E-state index contributed by atoms with van der Waals surface area (Å²) in [6.45, 7) is 3.50. The standard InChI is InChI=1S/C20H28ClN3O3/c1-2-23(13-19(25)26)17-11-16(12-17)22-20(27)24-10-4-3-5-18(24)14-6-8-15(21)9-7-14/h6-9,16-18H,2-5,10-13H2,1H3,(H,22,27)(H,25,26). The van der Waals surface area contributed by atoms with E-state index in [4.69, 9.17) is 16.7 Å². The van der Waals surface area contributed by atoms with Gasteiger partial charge in [0, 0.05) is 23.7 Å². The Bertz CT molecular complexity index is 661. The molecule has 0 spiro atoms. The van der Waals surface area contributed by atoms with Gasteiger partial charge < -0.3 is 15.3 Å². The van der Waals surface area contributed by atoms with Crippen LogP contribution in [0.1, 0.15) is 50.6 Å². The molecule has 1 heterocycles. The Morgan fingerprint density at radius 1 is 1.26 bits per heavy atom. The number of likely N-dealkylation sites (tertiary alicyclic amines) is 1. The summed E-state index contributed by atoms with van der Waals surface area (Å²) in [5.74, 6) is -0.802. The molecule has 1 aliphatic heterocycles. The SMILES string of the molecule is CCN(CC(=O)O)C1CC(NC(=O)N2CCCCC2c2ccc(Cl)cc2)C1. The molecule has 1 saturated heterocycles. The molecule has 1 atom stereocenters. The number of urea groups is 1. The molecule has 6 nitrogen and oxygen atoms in total. The second kappa shape index (κ2) is 8.93. The molecule has 0 radical (unpaired) electrons. The van der Waals surface area contributed by atoms with E-state index in [9.17, 15) is 9.59 Å². The molecule has 2 aliphatic rings. The molecule has 1 aromatic rings. The predicted molar refractivity (Wildman–Crippen MR) is 105 cm³/mol. The Morgan fingerprint density at radius 2 is 1.96 bits per heavy atom. The lowest BCUT2D eigenvalue weighted by atomic mass is 9.85. The topological polar surface area (TPSA) is 72.9 Å². The van der Waals surface area contributed by atoms with Gasteiger partial charge in [0.25, 0.3) is 0 Å². The Kier molecular flexibility index (Phi) is 6.60. The smallest absolute Gasteiger partial charge is 0.318 e. The Balaban J connectivity index is 1.55. The summed E-state index contributed by atoms with van der Waals surface area (Å²) in [5, 5.41) is 12.8. The van der Waals surface area contributed by atoms with Gasteiger partial charge in [-0.2, -0.15) is 0 Å². The molecule has 2 fully saturated rings. The fourth-order valence-electron chi connectivity index (χ4n) is 4.14. The molecular weight excluding hydrogens is 366 g/mol. The molecule has 148 valence electrons. The maximum absolute atomic E-state index is 12.9. The predicted octanol–water partition coefficient (Wildman–Crippen LogP) is 3.51. The number of aliphatic carboxylic acids is 1. The van der Waals surface area contributed by atoms with E-state index in [2.05, 4.69) is 5.32 Å². The van der Waals surface area contributed by atoms with Gasteiger partial charge in [0.1, 0.15) is 0 Å². The van der Waals surface area contributed by atoms with Crippen LogP contribution in [-0.2, 0) is 4.79 Å². The molecule has 7 heteroatoms. The number of hydrogen-bond donors (Lipinski definition) is 2. The van der Waals surface area contributed by atoms with Crippen LogP contribution in [0.25, 0.3) is 0 Å². The van der Waals surface area contributed by atoms with Crippen molar-refractivity contribution in [3.63, 3.8) is 0 Å². The molecule has 0 aromatic heterocycles. The van der Waals surface area contributed by atoms with E-state index in [1.807, 2.05) is 41.0 Å². The molecule has 2 amide bonds. The minimum atomic E-state index is -0.802. The molecule has 2 N–H and O–H groups in total. The monoisotopic (exact) mass is 393 g/mol. The zero-order valence-electron chi connectivity index (χ0n) is 15.7. The lowest BCUT2D eigenvalue weighted by Gasteiger charge is -2.44. The van der Waals surface area contributed by atoms with Crippen molar-refractivity contribution >= 4 is 23.6 Å². The fraction of sp³-hybridized carbons (Fsp3) is 0.600. The highest BCUT2D eigenvalue weighted by Gasteiger charge is 2.36. The van der Waals surface area contributed by atoms with Crippen LogP contribution in [0, 0.1) is 0 Å². The van der Waals surface area contributed by atoms with E-state index >= 15 is 0 Å². The summed E-state index contributed by atoms with van der Waals surface area (Å²) in [7, 11) is 0. The first-order valence-corrected chi connectivity index (χ1v) is 10.1. The number of halogens is 1. The lowest BCUT2D eigenvalue weighted by Crippen LogP contribution is -2.57. The molecule has 27 heavy (non-hydrogen) atoms. The van der Waals surface area contributed by atoms with Gasteiger partial charge in [-0.25, -0.2) is 4.79 Å². The normalized spacial score (nSPS) is 25.1. The number of piperidine rings is 1.